The van der Waals surface area contributed by atoms with E-state index in [4.69, 9.17) is 17.0 Å². The minimum Gasteiger partial charge on any atom is -0.486 e. The average Bonchev–Trinajstić information content (AvgIpc) is 2.72. The first-order valence-electron chi connectivity index (χ1n) is 4.79. The second-order valence-corrected chi connectivity index (χ2v) is 5.07. The van der Waals surface area contributed by atoms with Gasteiger partial charge in [-0.1, -0.05) is 11.3 Å². The van der Waals surface area contributed by atoms with Gasteiger partial charge in [0.25, 0.3) is 0 Å². The molecule has 0 saturated carbocycles. The summed E-state index contributed by atoms with van der Waals surface area (Å²) in [5, 5.41) is 7.10. The highest BCUT2D eigenvalue weighted by Gasteiger charge is 2.29. The van der Waals surface area contributed by atoms with E-state index in [1.54, 1.807) is 0 Å². The third kappa shape index (κ3) is 3.30. The third-order valence-corrected chi connectivity index (χ3v) is 3.09. The number of benzene rings is 1. The van der Waals surface area contributed by atoms with Gasteiger partial charge in [-0.2, -0.15) is 18.3 Å². The Morgan fingerprint density at radius 1 is 1.28 bits per heavy atom. The molecular weight excluding hydrogens is 285 g/mol. The van der Waals surface area contributed by atoms with E-state index in [1.165, 1.54) is 23.5 Å². The fourth-order valence-electron chi connectivity index (χ4n) is 1.21. The average molecular weight is 292 g/mol. The first-order chi connectivity index (χ1) is 8.45. The van der Waals surface area contributed by atoms with Gasteiger partial charge in [0.1, 0.15) is 12.4 Å². The van der Waals surface area contributed by atoms with E-state index in [-0.39, 0.29) is 6.61 Å². The lowest BCUT2D eigenvalue weighted by atomic mass is 10.2. The summed E-state index contributed by atoms with van der Waals surface area (Å²) in [6.07, 6.45) is -4.33. The minimum atomic E-state index is -4.33. The number of rotatable bonds is 3. The summed E-state index contributed by atoms with van der Waals surface area (Å²) in [5.74, 6) is 0.351. The molecule has 0 aliphatic rings. The third-order valence-electron chi connectivity index (χ3n) is 2.03. The number of H-pyrrole nitrogens is 1. The zero-order valence-corrected chi connectivity index (χ0v) is 10.5. The van der Waals surface area contributed by atoms with Crippen LogP contribution in [0.3, 0.4) is 0 Å². The molecule has 0 radical (unpaired) electrons. The van der Waals surface area contributed by atoms with Crippen molar-refractivity contribution in [1.82, 2.24) is 10.2 Å². The van der Waals surface area contributed by atoms with Crippen molar-refractivity contribution in [3.8, 4) is 5.75 Å². The van der Waals surface area contributed by atoms with Crippen molar-refractivity contribution >= 4 is 23.6 Å². The van der Waals surface area contributed by atoms with E-state index in [0.717, 1.165) is 12.1 Å². The smallest absolute Gasteiger partial charge is 0.416 e. The molecule has 1 aromatic heterocycles. The van der Waals surface area contributed by atoms with Crippen LogP contribution in [0.5, 0.6) is 5.75 Å². The minimum absolute atomic E-state index is 0.170. The standard InChI is InChI=1S/C10H7F3N2OS2/c11-10(12,13)6-1-3-7(4-2-6)16-5-8-14-15-9(17)18-8/h1-4H,5H2,(H,15,17). The number of hydrogen-bond acceptors (Lipinski definition) is 4. The van der Waals surface area contributed by atoms with Crippen LogP contribution in [-0.2, 0) is 12.8 Å². The van der Waals surface area contributed by atoms with E-state index in [9.17, 15) is 13.2 Å². The molecule has 2 aromatic rings. The number of hydrogen-bond donors (Lipinski definition) is 1. The second-order valence-electron chi connectivity index (χ2n) is 3.32. The molecule has 3 nitrogen and oxygen atoms in total. The fraction of sp³-hybridized carbons (Fsp3) is 0.200. The van der Waals surface area contributed by atoms with Gasteiger partial charge in [0.2, 0.25) is 0 Å². The monoisotopic (exact) mass is 292 g/mol. The van der Waals surface area contributed by atoms with Gasteiger partial charge in [0.15, 0.2) is 8.96 Å². The molecule has 96 valence electrons. The van der Waals surface area contributed by atoms with Gasteiger partial charge in [-0.15, -0.1) is 0 Å². The lowest BCUT2D eigenvalue weighted by molar-refractivity contribution is -0.137. The predicted molar refractivity (Wildman–Crippen MR) is 63.1 cm³/mol. The van der Waals surface area contributed by atoms with Crippen molar-refractivity contribution in [2.45, 2.75) is 12.8 Å². The zero-order chi connectivity index (χ0) is 13.2. The second kappa shape index (κ2) is 5.07. The molecule has 0 spiro atoms. The van der Waals surface area contributed by atoms with E-state index in [2.05, 4.69) is 10.2 Å². The Balaban J connectivity index is 2.00. The van der Waals surface area contributed by atoms with Gasteiger partial charge in [-0.25, -0.2) is 0 Å². The van der Waals surface area contributed by atoms with Crippen LogP contribution in [0.15, 0.2) is 24.3 Å². The normalized spacial score (nSPS) is 11.5. The van der Waals surface area contributed by atoms with Gasteiger partial charge in [0.05, 0.1) is 5.56 Å². The van der Waals surface area contributed by atoms with Gasteiger partial charge in [-0.3, -0.25) is 5.10 Å². The molecule has 1 aromatic carbocycles. The van der Waals surface area contributed by atoms with Gasteiger partial charge in [-0.05, 0) is 36.5 Å². The number of ether oxygens (including phenoxy) is 1. The summed E-state index contributed by atoms with van der Waals surface area (Å²) in [4.78, 5) is 0. The Bertz CT molecular complexity index is 574. The summed E-state index contributed by atoms with van der Waals surface area (Å²) in [6, 6.07) is 4.49. The number of nitrogens with zero attached hydrogens (tertiary/aromatic N) is 1. The van der Waals surface area contributed by atoms with Crippen LogP contribution in [0, 0.1) is 3.95 Å². The van der Waals surface area contributed by atoms with Gasteiger partial charge >= 0.3 is 6.18 Å². The van der Waals surface area contributed by atoms with E-state index < -0.39 is 11.7 Å². The Kier molecular flexibility index (Phi) is 3.67. The van der Waals surface area contributed by atoms with Crippen LogP contribution >= 0.6 is 23.6 Å². The largest absolute Gasteiger partial charge is 0.486 e. The highest BCUT2D eigenvalue weighted by molar-refractivity contribution is 7.73. The Morgan fingerprint density at radius 3 is 2.44 bits per heavy atom. The maximum Gasteiger partial charge on any atom is 0.416 e. The molecular formula is C10H7F3N2OS2. The molecule has 1 heterocycles. The quantitative estimate of drug-likeness (QED) is 0.874. The summed E-state index contributed by atoms with van der Waals surface area (Å²) < 4.78 is 42.7. The van der Waals surface area contributed by atoms with Crippen molar-refractivity contribution in [3.63, 3.8) is 0 Å². The first-order valence-corrected chi connectivity index (χ1v) is 6.02. The highest BCUT2D eigenvalue weighted by atomic mass is 32.1. The van der Waals surface area contributed by atoms with Crippen molar-refractivity contribution < 1.29 is 17.9 Å². The number of halogens is 3. The van der Waals surface area contributed by atoms with Crippen molar-refractivity contribution in [2.75, 3.05) is 0 Å². The van der Waals surface area contributed by atoms with Crippen molar-refractivity contribution in [3.05, 3.63) is 38.8 Å². The summed E-state index contributed by atoms with van der Waals surface area (Å²) in [6.45, 7) is 0.170. The molecule has 1 N–H and O–H groups in total. The van der Waals surface area contributed by atoms with Crippen LogP contribution in [0.25, 0.3) is 0 Å². The number of aromatic nitrogens is 2. The molecule has 0 bridgehead atoms. The maximum absolute atomic E-state index is 12.3. The van der Waals surface area contributed by atoms with Crippen LogP contribution in [0.2, 0.25) is 0 Å². The molecule has 0 fully saturated rings. The lowest BCUT2D eigenvalue weighted by Crippen LogP contribution is -2.04. The molecule has 0 atom stereocenters. The van der Waals surface area contributed by atoms with Crippen LogP contribution < -0.4 is 4.74 Å². The molecule has 8 heteroatoms. The zero-order valence-electron chi connectivity index (χ0n) is 8.82. The lowest BCUT2D eigenvalue weighted by Gasteiger charge is -2.08. The Morgan fingerprint density at radius 2 is 1.94 bits per heavy atom. The van der Waals surface area contributed by atoms with Crippen molar-refractivity contribution in [2.24, 2.45) is 0 Å². The van der Waals surface area contributed by atoms with E-state index >= 15 is 0 Å². The van der Waals surface area contributed by atoms with Gasteiger partial charge in [0, 0.05) is 0 Å². The van der Waals surface area contributed by atoms with Crippen molar-refractivity contribution in [1.29, 1.82) is 0 Å². The number of alkyl halides is 3. The molecule has 0 aliphatic heterocycles. The summed E-state index contributed by atoms with van der Waals surface area (Å²) in [5.41, 5.74) is -0.703. The molecule has 0 saturated heterocycles. The molecule has 0 aliphatic carbocycles. The Labute approximate surface area is 109 Å². The van der Waals surface area contributed by atoms with Crippen LogP contribution in [0.4, 0.5) is 13.2 Å². The summed E-state index contributed by atoms with van der Waals surface area (Å²) >= 11 is 6.10. The van der Waals surface area contributed by atoms with Crippen LogP contribution in [-0.4, -0.2) is 10.2 Å². The fourth-order valence-corrected chi connectivity index (χ4v) is 2.06. The van der Waals surface area contributed by atoms with Gasteiger partial charge < -0.3 is 4.74 Å². The summed E-state index contributed by atoms with van der Waals surface area (Å²) in [7, 11) is 0. The number of nitrogens with one attached hydrogen (secondary N) is 1. The topological polar surface area (TPSA) is 37.9 Å². The molecule has 2 rings (SSSR count). The SMILES string of the molecule is FC(F)(F)c1ccc(OCc2n[nH]c(=S)s2)cc1. The predicted octanol–water partition coefficient (Wildman–Crippen LogP) is 3.80. The van der Waals surface area contributed by atoms with E-state index in [1.807, 2.05) is 0 Å². The molecule has 0 amide bonds. The van der Waals surface area contributed by atoms with E-state index in [0.29, 0.717) is 14.7 Å². The maximum atomic E-state index is 12.3. The molecule has 18 heavy (non-hydrogen) atoms. The first kappa shape index (κ1) is 13.0. The van der Waals surface area contributed by atoms with Crippen LogP contribution in [0.1, 0.15) is 10.6 Å². The highest BCUT2D eigenvalue weighted by Crippen LogP contribution is 2.30. The molecule has 0 unspecified atom stereocenters. The Hall–Kier alpha value is -1.41. The number of aromatic amines is 1.